The van der Waals surface area contributed by atoms with E-state index in [0.717, 1.165) is 0 Å². The Kier molecular flexibility index (Phi) is 3.16. The number of para-hydroxylation sites is 1. The second kappa shape index (κ2) is 3.94. The van der Waals surface area contributed by atoms with Gasteiger partial charge in [-0.3, -0.25) is 0 Å². The summed E-state index contributed by atoms with van der Waals surface area (Å²) in [6, 6.07) is 10.1. The number of benzene rings is 1. The molecule has 0 amide bonds. The first-order valence-corrected chi connectivity index (χ1v) is 6.04. The van der Waals surface area contributed by atoms with E-state index in [-0.39, 0.29) is 0 Å². The van der Waals surface area contributed by atoms with Crippen LogP contribution in [0.5, 0.6) is 0 Å². The van der Waals surface area contributed by atoms with Gasteiger partial charge in [0.15, 0.2) is 0 Å². The summed E-state index contributed by atoms with van der Waals surface area (Å²) in [6.07, 6.45) is 0. The molecular weight excluding hydrogens is 177 g/mol. The molecule has 0 N–H and O–H groups in total. The third kappa shape index (κ3) is 2.36. The summed E-state index contributed by atoms with van der Waals surface area (Å²) in [5.41, 5.74) is 1.18. The third-order valence-corrected chi connectivity index (χ3v) is 3.28. The topological polar surface area (TPSA) is 3.24 Å². The molecule has 1 aromatic rings. The lowest BCUT2D eigenvalue weighted by molar-refractivity contribution is 1.35. The fourth-order valence-corrected chi connectivity index (χ4v) is 1.52. The quantitative estimate of drug-likeness (QED) is 0.643. The molecule has 0 fully saturated rings. The van der Waals surface area contributed by atoms with Gasteiger partial charge in [-0.05, 0) is 18.8 Å². The van der Waals surface area contributed by atoms with Gasteiger partial charge < -0.3 is 4.67 Å². The lowest BCUT2D eigenvalue weighted by Gasteiger charge is -2.20. The fraction of sp³-hybridized carbons (Fsp3) is 0.250. The van der Waals surface area contributed by atoms with Gasteiger partial charge in [0.2, 0.25) is 0 Å². The maximum Gasteiger partial charge on any atom is 0.0855 e. The molecule has 3 heteroatoms. The summed E-state index contributed by atoms with van der Waals surface area (Å²) in [5.74, 6) is 0. The van der Waals surface area contributed by atoms with Gasteiger partial charge in [-0.1, -0.05) is 29.4 Å². The second-order valence-electron chi connectivity index (χ2n) is 2.30. The molecule has 1 rings (SSSR count). The van der Waals surface area contributed by atoms with Crippen LogP contribution in [0.2, 0.25) is 0 Å². The van der Waals surface area contributed by atoms with Crippen molar-refractivity contribution in [3.63, 3.8) is 0 Å². The average Bonchev–Trinajstić information content (AvgIpc) is 2.05. The molecule has 0 radical (unpaired) electrons. The SMILES string of the molecule is CN(c1ccccc1)P(C)Cl. The van der Waals surface area contributed by atoms with Crippen molar-refractivity contribution in [2.45, 2.75) is 0 Å². The van der Waals surface area contributed by atoms with Crippen LogP contribution in [-0.4, -0.2) is 13.7 Å². The molecular formula is C8H11ClNP. The minimum Gasteiger partial charge on any atom is -0.341 e. The Balaban J connectivity index is 2.77. The molecule has 1 unspecified atom stereocenters. The minimum absolute atomic E-state index is 0.532. The number of hydrogen-bond donors (Lipinski definition) is 0. The van der Waals surface area contributed by atoms with Crippen molar-refractivity contribution in [2.24, 2.45) is 0 Å². The van der Waals surface area contributed by atoms with Crippen LogP contribution < -0.4 is 4.67 Å². The zero-order valence-electron chi connectivity index (χ0n) is 6.66. The second-order valence-corrected chi connectivity index (χ2v) is 5.26. The number of rotatable bonds is 2. The van der Waals surface area contributed by atoms with Crippen LogP contribution in [-0.2, 0) is 0 Å². The van der Waals surface area contributed by atoms with E-state index >= 15 is 0 Å². The molecule has 0 aliphatic rings. The van der Waals surface area contributed by atoms with Crippen LogP contribution in [0, 0.1) is 0 Å². The smallest absolute Gasteiger partial charge is 0.0855 e. The Hall–Kier alpha value is -0.260. The molecule has 60 valence electrons. The van der Waals surface area contributed by atoms with Gasteiger partial charge in [0.25, 0.3) is 0 Å². The first-order valence-electron chi connectivity index (χ1n) is 3.40. The molecule has 0 aliphatic heterocycles. The molecule has 0 spiro atoms. The normalized spacial score (nSPS) is 12.6. The minimum atomic E-state index is -0.532. The van der Waals surface area contributed by atoms with Gasteiger partial charge in [-0.25, -0.2) is 0 Å². The summed E-state index contributed by atoms with van der Waals surface area (Å²) in [6.45, 7) is 2.02. The molecule has 1 nitrogen and oxygen atoms in total. The number of hydrogen-bond acceptors (Lipinski definition) is 1. The van der Waals surface area contributed by atoms with E-state index in [1.165, 1.54) is 5.69 Å². The van der Waals surface area contributed by atoms with Crippen LogP contribution in [0.25, 0.3) is 0 Å². The van der Waals surface area contributed by atoms with Crippen LogP contribution in [0.1, 0.15) is 0 Å². The Morgan fingerprint density at radius 1 is 1.27 bits per heavy atom. The maximum absolute atomic E-state index is 5.95. The van der Waals surface area contributed by atoms with Crippen molar-refractivity contribution in [2.75, 3.05) is 18.4 Å². The van der Waals surface area contributed by atoms with Gasteiger partial charge in [0, 0.05) is 12.7 Å². The largest absolute Gasteiger partial charge is 0.341 e. The highest BCUT2D eigenvalue weighted by Gasteiger charge is 2.04. The standard InChI is InChI=1S/C8H11ClNP/c1-10(11(2)9)8-6-4-3-5-7-8/h3-7H,1-2H3. The van der Waals surface area contributed by atoms with E-state index < -0.39 is 7.43 Å². The third-order valence-electron chi connectivity index (χ3n) is 1.54. The Bertz CT molecular complexity index is 213. The molecule has 0 bridgehead atoms. The van der Waals surface area contributed by atoms with E-state index in [2.05, 4.69) is 16.8 Å². The van der Waals surface area contributed by atoms with Gasteiger partial charge in [0.1, 0.15) is 0 Å². The van der Waals surface area contributed by atoms with Crippen molar-refractivity contribution in [3.05, 3.63) is 30.3 Å². The Morgan fingerprint density at radius 3 is 2.27 bits per heavy atom. The molecule has 11 heavy (non-hydrogen) atoms. The van der Waals surface area contributed by atoms with Gasteiger partial charge in [-0.15, -0.1) is 0 Å². The molecule has 0 aliphatic carbocycles. The average molecular weight is 188 g/mol. The summed E-state index contributed by atoms with van der Waals surface area (Å²) in [7, 11) is 1.48. The highest BCUT2D eigenvalue weighted by atomic mass is 35.7. The van der Waals surface area contributed by atoms with Crippen molar-refractivity contribution in [1.29, 1.82) is 0 Å². The number of halogens is 1. The van der Waals surface area contributed by atoms with Crippen LogP contribution in [0.4, 0.5) is 5.69 Å². The monoisotopic (exact) mass is 187 g/mol. The lowest BCUT2D eigenvalue weighted by atomic mass is 10.3. The summed E-state index contributed by atoms with van der Waals surface area (Å²) in [5, 5.41) is 0. The predicted molar refractivity (Wildman–Crippen MR) is 53.5 cm³/mol. The lowest BCUT2D eigenvalue weighted by Crippen LogP contribution is -2.05. The predicted octanol–water partition coefficient (Wildman–Crippen LogP) is 3.30. The zero-order chi connectivity index (χ0) is 8.27. The first-order chi connectivity index (χ1) is 5.22. The molecule has 0 heterocycles. The molecule has 0 saturated heterocycles. The van der Waals surface area contributed by atoms with E-state index in [1.807, 2.05) is 31.9 Å². The summed E-state index contributed by atoms with van der Waals surface area (Å²) < 4.78 is 2.08. The van der Waals surface area contributed by atoms with Crippen LogP contribution in [0.3, 0.4) is 0 Å². The Morgan fingerprint density at radius 2 is 1.82 bits per heavy atom. The van der Waals surface area contributed by atoms with E-state index in [4.69, 9.17) is 11.2 Å². The van der Waals surface area contributed by atoms with E-state index in [1.54, 1.807) is 0 Å². The van der Waals surface area contributed by atoms with E-state index in [0.29, 0.717) is 0 Å². The highest BCUT2D eigenvalue weighted by molar-refractivity contribution is 7.84. The molecule has 0 saturated carbocycles. The summed E-state index contributed by atoms with van der Waals surface area (Å²) >= 11 is 5.95. The maximum atomic E-state index is 5.95. The first kappa shape index (κ1) is 8.83. The number of anilines is 1. The van der Waals surface area contributed by atoms with Crippen molar-refractivity contribution < 1.29 is 0 Å². The van der Waals surface area contributed by atoms with Crippen LogP contribution in [0.15, 0.2) is 30.3 Å². The Labute approximate surface area is 73.6 Å². The van der Waals surface area contributed by atoms with Gasteiger partial charge >= 0.3 is 0 Å². The number of nitrogens with zero attached hydrogens (tertiary/aromatic N) is 1. The van der Waals surface area contributed by atoms with Gasteiger partial charge in [-0.2, -0.15) is 0 Å². The molecule has 1 aromatic carbocycles. The fourth-order valence-electron chi connectivity index (χ4n) is 0.803. The summed E-state index contributed by atoms with van der Waals surface area (Å²) in [4.78, 5) is 0. The molecule has 1 atom stereocenters. The highest BCUT2D eigenvalue weighted by Crippen LogP contribution is 2.42. The van der Waals surface area contributed by atoms with Crippen molar-refractivity contribution in [1.82, 2.24) is 0 Å². The van der Waals surface area contributed by atoms with Crippen molar-refractivity contribution in [3.8, 4) is 0 Å². The van der Waals surface area contributed by atoms with Gasteiger partial charge in [0.05, 0.1) is 7.43 Å². The van der Waals surface area contributed by atoms with Crippen LogP contribution >= 0.6 is 18.7 Å². The zero-order valence-corrected chi connectivity index (χ0v) is 8.31. The molecule has 0 aromatic heterocycles. The van der Waals surface area contributed by atoms with Crippen molar-refractivity contribution >= 4 is 24.4 Å². The van der Waals surface area contributed by atoms with E-state index in [9.17, 15) is 0 Å².